The van der Waals surface area contributed by atoms with Crippen molar-refractivity contribution in [2.24, 2.45) is 0 Å². The van der Waals surface area contributed by atoms with Gasteiger partial charge in [0.2, 0.25) is 0 Å². The van der Waals surface area contributed by atoms with E-state index in [0.717, 1.165) is 44.0 Å². The standard InChI is InChI=1S/C27H29N3O3/c1-20-7-6-10-22(17-20)26(31)28-24-18-23(27(32)33-2)11-12-25(24)30-15-13-29(14-16-30)19-21-8-4-3-5-9-21/h3-12,17-18H,13-16,19H2,1-2H3,(H,28,31). The predicted molar refractivity (Wildman–Crippen MR) is 131 cm³/mol. The van der Waals surface area contributed by atoms with Gasteiger partial charge in [0, 0.05) is 38.3 Å². The summed E-state index contributed by atoms with van der Waals surface area (Å²) in [5.41, 5.74) is 4.82. The van der Waals surface area contributed by atoms with Crippen LogP contribution >= 0.6 is 0 Å². The van der Waals surface area contributed by atoms with E-state index < -0.39 is 5.97 Å². The van der Waals surface area contributed by atoms with Gasteiger partial charge < -0.3 is 15.0 Å². The Hall–Kier alpha value is -3.64. The predicted octanol–water partition coefficient (Wildman–Crippen LogP) is 4.36. The molecule has 0 unspecified atom stereocenters. The zero-order valence-electron chi connectivity index (χ0n) is 19.1. The molecule has 0 aromatic heterocycles. The summed E-state index contributed by atoms with van der Waals surface area (Å²) in [4.78, 5) is 29.8. The Morgan fingerprint density at radius 3 is 2.33 bits per heavy atom. The quantitative estimate of drug-likeness (QED) is 0.574. The maximum absolute atomic E-state index is 13.0. The minimum atomic E-state index is -0.430. The molecule has 1 N–H and O–H groups in total. The van der Waals surface area contributed by atoms with E-state index in [1.165, 1.54) is 12.7 Å². The number of esters is 1. The maximum Gasteiger partial charge on any atom is 0.337 e. The molecule has 170 valence electrons. The number of nitrogens with one attached hydrogen (secondary N) is 1. The highest BCUT2D eigenvalue weighted by molar-refractivity contribution is 6.07. The normalized spacial score (nSPS) is 14.1. The van der Waals surface area contributed by atoms with E-state index in [1.54, 1.807) is 18.2 Å². The van der Waals surface area contributed by atoms with Gasteiger partial charge in [0.15, 0.2) is 0 Å². The fraction of sp³-hybridized carbons (Fsp3) is 0.259. The van der Waals surface area contributed by atoms with Crippen molar-refractivity contribution in [2.75, 3.05) is 43.5 Å². The van der Waals surface area contributed by atoms with E-state index in [2.05, 4.69) is 39.4 Å². The summed E-state index contributed by atoms with van der Waals surface area (Å²) in [6.45, 7) is 6.37. The van der Waals surface area contributed by atoms with E-state index in [-0.39, 0.29) is 5.91 Å². The van der Waals surface area contributed by atoms with Crippen LogP contribution in [0.1, 0.15) is 31.8 Å². The molecule has 6 heteroatoms. The number of rotatable bonds is 6. The number of carbonyl (C=O) groups excluding carboxylic acids is 2. The molecule has 3 aromatic carbocycles. The van der Waals surface area contributed by atoms with Crippen LogP contribution < -0.4 is 10.2 Å². The summed E-state index contributed by atoms with van der Waals surface area (Å²) in [7, 11) is 1.35. The van der Waals surface area contributed by atoms with Gasteiger partial charge in [-0.3, -0.25) is 9.69 Å². The van der Waals surface area contributed by atoms with E-state index in [9.17, 15) is 9.59 Å². The molecule has 0 atom stereocenters. The van der Waals surface area contributed by atoms with Gasteiger partial charge >= 0.3 is 5.97 Å². The van der Waals surface area contributed by atoms with Crippen molar-refractivity contribution in [3.63, 3.8) is 0 Å². The highest BCUT2D eigenvalue weighted by atomic mass is 16.5. The van der Waals surface area contributed by atoms with Crippen molar-refractivity contribution in [3.8, 4) is 0 Å². The van der Waals surface area contributed by atoms with E-state index in [4.69, 9.17) is 4.74 Å². The summed E-state index contributed by atoms with van der Waals surface area (Å²) in [6.07, 6.45) is 0. The second-order valence-corrected chi connectivity index (χ2v) is 8.30. The second kappa shape index (κ2) is 10.3. The van der Waals surface area contributed by atoms with Crippen LogP contribution in [0.25, 0.3) is 0 Å². The zero-order chi connectivity index (χ0) is 23.2. The van der Waals surface area contributed by atoms with Crippen molar-refractivity contribution in [1.29, 1.82) is 0 Å². The van der Waals surface area contributed by atoms with Crippen molar-refractivity contribution < 1.29 is 14.3 Å². The summed E-state index contributed by atoms with van der Waals surface area (Å²) >= 11 is 0. The third-order valence-corrected chi connectivity index (χ3v) is 5.91. The van der Waals surface area contributed by atoms with E-state index in [1.807, 2.05) is 37.3 Å². The molecule has 1 saturated heterocycles. The monoisotopic (exact) mass is 443 g/mol. The molecule has 1 heterocycles. The fourth-order valence-corrected chi connectivity index (χ4v) is 4.13. The Balaban J connectivity index is 1.52. The Kier molecular flexibility index (Phi) is 7.05. The first-order valence-corrected chi connectivity index (χ1v) is 11.1. The smallest absolute Gasteiger partial charge is 0.337 e. The number of anilines is 2. The molecule has 1 aliphatic rings. The minimum Gasteiger partial charge on any atom is -0.465 e. The number of ether oxygens (including phenoxy) is 1. The van der Waals surface area contributed by atoms with Crippen LogP contribution in [-0.4, -0.2) is 50.1 Å². The Bertz CT molecular complexity index is 1120. The van der Waals surface area contributed by atoms with E-state index in [0.29, 0.717) is 16.8 Å². The first-order chi connectivity index (χ1) is 16.0. The number of hydrogen-bond donors (Lipinski definition) is 1. The van der Waals surface area contributed by atoms with Gasteiger partial charge in [-0.1, -0.05) is 48.0 Å². The topological polar surface area (TPSA) is 61.9 Å². The van der Waals surface area contributed by atoms with Gasteiger partial charge in [0.25, 0.3) is 5.91 Å². The number of aryl methyl sites for hydroxylation is 1. The van der Waals surface area contributed by atoms with Crippen LogP contribution in [0.15, 0.2) is 72.8 Å². The van der Waals surface area contributed by atoms with Gasteiger partial charge in [-0.05, 0) is 42.8 Å². The minimum absolute atomic E-state index is 0.204. The lowest BCUT2D eigenvalue weighted by Gasteiger charge is -2.37. The number of piperazine rings is 1. The van der Waals surface area contributed by atoms with Crippen LogP contribution in [0.4, 0.5) is 11.4 Å². The Morgan fingerprint density at radius 2 is 1.64 bits per heavy atom. The summed E-state index contributed by atoms with van der Waals surface area (Å²) in [5, 5.41) is 3.02. The lowest BCUT2D eigenvalue weighted by molar-refractivity contribution is 0.0600. The molecule has 4 rings (SSSR count). The van der Waals surface area contributed by atoms with Gasteiger partial charge in [0.05, 0.1) is 24.0 Å². The summed E-state index contributed by atoms with van der Waals surface area (Å²) in [6, 6.07) is 23.3. The molecular formula is C27H29N3O3. The van der Waals surface area contributed by atoms with Crippen LogP contribution in [0.3, 0.4) is 0 Å². The average molecular weight is 444 g/mol. The zero-order valence-corrected chi connectivity index (χ0v) is 19.1. The highest BCUT2D eigenvalue weighted by Gasteiger charge is 2.22. The average Bonchev–Trinajstić information content (AvgIpc) is 2.85. The fourth-order valence-electron chi connectivity index (χ4n) is 4.13. The van der Waals surface area contributed by atoms with Crippen molar-refractivity contribution in [3.05, 3.63) is 95.1 Å². The number of carbonyl (C=O) groups is 2. The molecule has 6 nitrogen and oxygen atoms in total. The Morgan fingerprint density at radius 1 is 0.879 bits per heavy atom. The summed E-state index contributed by atoms with van der Waals surface area (Å²) < 4.78 is 4.88. The van der Waals surface area contributed by atoms with Gasteiger partial charge in [-0.15, -0.1) is 0 Å². The molecular weight excluding hydrogens is 414 g/mol. The molecule has 0 spiro atoms. The number of benzene rings is 3. The Labute approximate surface area is 194 Å². The molecule has 1 fully saturated rings. The number of amides is 1. The van der Waals surface area contributed by atoms with Crippen LogP contribution in [0.5, 0.6) is 0 Å². The van der Waals surface area contributed by atoms with Gasteiger partial charge in [0.1, 0.15) is 0 Å². The van der Waals surface area contributed by atoms with Gasteiger partial charge in [-0.2, -0.15) is 0 Å². The number of hydrogen-bond acceptors (Lipinski definition) is 5. The maximum atomic E-state index is 13.0. The van der Waals surface area contributed by atoms with Crippen LogP contribution in [0.2, 0.25) is 0 Å². The van der Waals surface area contributed by atoms with Crippen LogP contribution in [-0.2, 0) is 11.3 Å². The van der Waals surface area contributed by atoms with Crippen LogP contribution in [0, 0.1) is 6.92 Å². The largest absolute Gasteiger partial charge is 0.465 e. The SMILES string of the molecule is COC(=O)c1ccc(N2CCN(Cc3ccccc3)CC2)c(NC(=O)c2cccc(C)c2)c1. The third-order valence-electron chi connectivity index (χ3n) is 5.91. The molecule has 0 aliphatic carbocycles. The lowest BCUT2D eigenvalue weighted by Crippen LogP contribution is -2.46. The third kappa shape index (κ3) is 5.59. The first kappa shape index (κ1) is 22.6. The molecule has 1 amide bonds. The van der Waals surface area contributed by atoms with Gasteiger partial charge in [-0.25, -0.2) is 4.79 Å². The highest BCUT2D eigenvalue weighted by Crippen LogP contribution is 2.29. The van der Waals surface area contributed by atoms with Crippen molar-refractivity contribution in [2.45, 2.75) is 13.5 Å². The lowest BCUT2D eigenvalue weighted by atomic mass is 10.1. The van der Waals surface area contributed by atoms with Crippen molar-refractivity contribution in [1.82, 2.24) is 4.90 Å². The molecule has 0 radical (unpaired) electrons. The first-order valence-electron chi connectivity index (χ1n) is 11.1. The second-order valence-electron chi connectivity index (χ2n) is 8.30. The summed E-state index contributed by atoms with van der Waals surface area (Å²) in [5.74, 6) is -0.634. The molecule has 3 aromatic rings. The molecule has 33 heavy (non-hydrogen) atoms. The molecule has 1 aliphatic heterocycles. The van der Waals surface area contributed by atoms with Crippen molar-refractivity contribution >= 4 is 23.3 Å². The number of nitrogens with zero attached hydrogens (tertiary/aromatic N) is 2. The number of methoxy groups -OCH3 is 1. The molecule has 0 bridgehead atoms. The molecule has 0 saturated carbocycles. The van der Waals surface area contributed by atoms with E-state index >= 15 is 0 Å².